The number of ether oxygens (including phenoxy) is 1. The van der Waals surface area contributed by atoms with Crippen molar-refractivity contribution in [2.75, 3.05) is 11.4 Å². The molecule has 1 atom stereocenters. The van der Waals surface area contributed by atoms with E-state index in [9.17, 15) is 9.90 Å². The van der Waals surface area contributed by atoms with Gasteiger partial charge in [0, 0.05) is 6.07 Å². The summed E-state index contributed by atoms with van der Waals surface area (Å²) < 4.78 is 5.26. The summed E-state index contributed by atoms with van der Waals surface area (Å²) in [6.45, 7) is 1.75. The number of aromatic nitrogens is 2. The van der Waals surface area contributed by atoms with Crippen LogP contribution < -0.4 is 4.90 Å². The second-order valence-corrected chi connectivity index (χ2v) is 5.09. The van der Waals surface area contributed by atoms with Crippen molar-refractivity contribution < 1.29 is 14.6 Å². The average Bonchev–Trinajstić information content (AvgIpc) is 2.51. The van der Waals surface area contributed by atoms with E-state index >= 15 is 0 Å². The smallest absolute Gasteiger partial charge is 0.415 e. The Morgan fingerprint density at radius 3 is 2.73 bits per heavy atom. The van der Waals surface area contributed by atoms with Crippen LogP contribution in [0.1, 0.15) is 12.5 Å². The van der Waals surface area contributed by atoms with Gasteiger partial charge in [0.25, 0.3) is 0 Å². The molecule has 0 aliphatic carbocycles. The summed E-state index contributed by atoms with van der Waals surface area (Å²) in [5.74, 6) is 0.277. The highest BCUT2D eigenvalue weighted by Gasteiger charge is 2.21. The number of amides is 1. The minimum Gasteiger partial charge on any atom is -0.444 e. The van der Waals surface area contributed by atoms with Gasteiger partial charge in [-0.2, -0.15) is 0 Å². The van der Waals surface area contributed by atoms with Gasteiger partial charge in [-0.15, -0.1) is 0 Å². The lowest BCUT2D eigenvalue weighted by Crippen LogP contribution is -2.37. The highest BCUT2D eigenvalue weighted by atomic mass is 35.5. The van der Waals surface area contributed by atoms with Gasteiger partial charge in [0.05, 0.1) is 12.6 Å². The molecule has 0 spiro atoms. The molecule has 22 heavy (non-hydrogen) atoms. The lowest BCUT2D eigenvalue weighted by Gasteiger charge is -2.22. The fourth-order valence-corrected chi connectivity index (χ4v) is 1.94. The molecule has 0 fully saturated rings. The van der Waals surface area contributed by atoms with Gasteiger partial charge in [0.15, 0.2) is 0 Å². The summed E-state index contributed by atoms with van der Waals surface area (Å²) in [5.41, 5.74) is 0.869. The van der Waals surface area contributed by atoms with Crippen molar-refractivity contribution in [2.24, 2.45) is 0 Å². The summed E-state index contributed by atoms with van der Waals surface area (Å²) in [6.07, 6.45) is -0.102. The third-order valence-electron chi connectivity index (χ3n) is 2.77. The maximum Gasteiger partial charge on any atom is 0.415 e. The Labute approximate surface area is 133 Å². The van der Waals surface area contributed by atoms with E-state index in [0.717, 1.165) is 5.56 Å². The van der Waals surface area contributed by atoms with Crippen molar-refractivity contribution in [1.82, 2.24) is 9.97 Å². The molecule has 1 aromatic carbocycles. The molecule has 6 nitrogen and oxygen atoms in total. The van der Waals surface area contributed by atoms with E-state index in [1.165, 1.54) is 17.3 Å². The molecule has 0 bridgehead atoms. The van der Waals surface area contributed by atoms with Gasteiger partial charge in [0.1, 0.15) is 23.9 Å². The normalized spacial score (nSPS) is 11.8. The fraction of sp³-hybridized carbons (Fsp3) is 0.267. The molecule has 1 N–H and O–H groups in total. The first-order chi connectivity index (χ1) is 10.6. The summed E-state index contributed by atoms with van der Waals surface area (Å²) in [5, 5.41) is 9.77. The number of hydrogen-bond donors (Lipinski definition) is 1. The van der Waals surface area contributed by atoms with E-state index in [1.54, 1.807) is 6.92 Å². The van der Waals surface area contributed by atoms with Crippen molar-refractivity contribution in [2.45, 2.75) is 19.6 Å². The minimum absolute atomic E-state index is 0.0426. The standard InChI is InChI=1S/C15H16ClN3O3/c1-11(20)8-19(14-7-13(16)17-10-18-14)15(21)22-9-12-5-3-2-4-6-12/h2-7,10-11,20H,8-9H2,1H3. The lowest BCUT2D eigenvalue weighted by molar-refractivity contribution is 0.139. The van der Waals surface area contributed by atoms with Crippen molar-refractivity contribution >= 4 is 23.5 Å². The SMILES string of the molecule is CC(O)CN(C(=O)OCc1ccccc1)c1cc(Cl)ncn1. The molecule has 0 saturated heterocycles. The predicted molar refractivity (Wildman–Crippen MR) is 82.7 cm³/mol. The third-order valence-corrected chi connectivity index (χ3v) is 2.97. The first-order valence-corrected chi connectivity index (χ1v) is 7.08. The molecule has 0 radical (unpaired) electrons. The molecule has 2 aromatic rings. The zero-order valence-electron chi connectivity index (χ0n) is 12.0. The van der Waals surface area contributed by atoms with E-state index < -0.39 is 12.2 Å². The van der Waals surface area contributed by atoms with Gasteiger partial charge >= 0.3 is 6.09 Å². The van der Waals surface area contributed by atoms with Gasteiger partial charge < -0.3 is 9.84 Å². The molecular weight excluding hydrogens is 306 g/mol. The number of carbonyl (C=O) groups is 1. The number of rotatable bonds is 5. The van der Waals surface area contributed by atoms with Crippen molar-refractivity contribution in [1.29, 1.82) is 0 Å². The number of nitrogens with zero attached hydrogens (tertiary/aromatic N) is 3. The van der Waals surface area contributed by atoms with E-state index in [4.69, 9.17) is 16.3 Å². The van der Waals surface area contributed by atoms with Crippen LogP contribution in [0.3, 0.4) is 0 Å². The largest absolute Gasteiger partial charge is 0.444 e. The maximum absolute atomic E-state index is 12.3. The van der Waals surface area contributed by atoms with Crippen LogP contribution in [0, 0.1) is 0 Å². The topological polar surface area (TPSA) is 75.5 Å². The van der Waals surface area contributed by atoms with Crippen molar-refractivity contribution in [3.63, 3.8) is 0 Å². The molecule has 1 unspecified atom stereocenters. The van der Waals surface area contributed by atoms with Crippen LogP contribution in [-0.4, -0.2) is 33.8 Å². The Kier molecular flexibility index (Phi) is 5.68. The second-order valence-electron chi connectivity index (χ2n) is 4.70. The van der Waals surface area contributed by atoms with Gasteiger partial charge in [0.2, 0.25) is 0 Å². The molecular formula is C15H16ClN3O3. The Morgan fingerprint density at radius 2 is 2.09 bits per heavy atom. The first-order valence-electron chi connectivity index (χ1n) is 6.70. The number of carbonyl (C=O) groups excluding carboxylic acids is 1. The van der Waals surface area contributed by atoms with Gasteiger partial charge in [-0.25, -0.2) is 14.8 Å². The Bertz CT molecular complexity index is 622. The highest BCUT2D eigenvalue weighted by molar-refractivity contribution is 6.29. The number of anilines is 1. The van der Waals surface area contributed by atoms with E-state index in [1.807, 2.05) is 30.3 Å². The van der Waals surface area contributed by atoms with Crippen LogP contribution in [0.15, 0.2) is 42.7 Å². The molecule has 2 rings (SSSR count). The maximum atomic E-state index is 12.3. The van der Waals surface area contributed by atoms with Crippen LogP contribution >= 0.6 is 11.6 Å². The molecule has 1 amide bonds. The summed E-state index contributed by atoms with van der Waals surface area (Å²) in [6, 6.07) is 10.8. The molecule has 7 heteroatoms. The average molecular weight is 322 g/mol. The number of aliphatic hydroxyl groups excluding tert-OH is 1. The van der Waals surface area contributed by atoms with E-state index in [2.05, 4.69) is 9.97 Å². The van der Waals surface area contributed by atoms with Gasteiger partial charge in [-0.05, 0) is 12.5 Å². The zero-order valence-corrected chi connectivity index (χ0v) is 12.8. The lowest BCUT2D eigenvalue weighted by atomic mass is 10.2. The Morgan fingerprint density at radius 1 is 1.36 bits per heavy atom. The molecule has 1 heterocycles. The van der Waals surface area contributed by atoms with Gasteiger partial charge in [-0.3, -0.25) is 4.90 Å². The number of benzene rings is 1. The fourth-order valence-electron chi connectivity index (χ4n) is 1.79. The number of hydrogen-bond acceptors (Lipinski definition) is 5. The number of aliphatic hydroxyl groups is 1. The van der Waals surface area contributed by atoms with E-state index in [0.29, 0.717) is 0 Å². The van der Waals surface area contributed by atoms with Crippen molar-refractivity contribution in [3.05, 3.63) is 53.4 Å². The van der Waals surface area contributed by atoms with E-state index in [-0.39, 0.29) is 24.1 Å². The number of halogens is 1. The van der Waals surface area contributed by atoms with Gasteiger partial charge in [-0.1, -0.05) is 41.9 Å². The second kappa shape index (κ2) is 7.72. The summed E-state index contributed by atoms with van der Waals surface area (Å²) in [4.78, 5) is 21.2. The first kappa shape index (κ1) is 16.2. The van der Waals surface area contributed by atoms with Crippen LogP contribution in [0.2, 0.25) is 5.15 Å². The molecule has 116 valence electrons. The van der Waals surface area contributed by atoms with Crippen LogP contribution in [0.5, 0.6) is 0 Å². The monoisotopic (exact) mass is 321 g/mol. The third kappa shape index (κ3) is 4.68. The van der Waals surface area contributed by atoms with Crippen LogP contribution in [-0.2, 0) is 11.3 Å². The quantitative estimate of drug-likeness (QED) is 0.857. The highest BCUT2D eigenvalue weighted by Crippen LogP contribution is 2.16. The Balaban J connectivity index is 2.09. The van der Waals surface area contributed by atoms with Crippen LogP contribution in [0.4, 0.5) is 10.6 Å². The predicted octanol–water partition coefficient (Wildman–Crippen LogP) is 2.65. The summed E-state index contributed by atoms with van der Waals surface area (Å²) >= 11 is 5.81. The molecule has 0 aliphatic rings. The zero-order chi connectivity index (χ0) is 15.9. The summed E-state index contributed by atoms with van der Waals surface area (Å²) in [7, 11) is 0. The van der Waals surface area contributed by atoms with Crippen molar-refractivity contribution in [3.8, 4) is 0 Å². The molecule has 0 saturated carbocycles. The molecule has 1 aromatic heterocycles. The van der Waals surface area contributed by atoms with Crippen LogP contribution in [0.25, 0.3) is 0 Å². The Hall–Kier alpha value is -2.18. The minimum atomic E-state index is -0.738. The molecule has 0 aliphatic heterocycles.